The largest absolute Gasteiger partial charge is 0.494 e. The number of imidazole rings is 1. The summed E-state index contributed by atoms with van der Waals surface area (Å²) in [4.78, 5) is 18.9. The highest BCUT2D eigenvalue weighted by Crippen LogP contribution is 2.26. The van der Waals surface area contributed by atoms with Crippen molar-refractivity contribution in [3.8, 4) is 5.75 Å². The van der Waals surface area contributed by atoms with E-state index in [4.69, 9.17) is 27.9 Å². The molecule has 8 heteroatoms. The van der Waals surface area contributed by atoms with Crippen LogP contribution >= 0.6 is 23.2 Å². The molecule has 1 aromatic heterocycles. The highest BCUT2D eigenvalue weighted by atomic mass is 35.5. The third kappa shape index (κ3) is 6.15. The van der Waals surface area contributed by atoms with E-state index in [0.29, 0.717) is 35.4 Å². The molecule has 1 heterocycles. The zero-order valence-electron chi connectivity index (χ0n) is 16.7. The third-order valence-corrected chi connectivity index (χ3v) is 5.06. The monoisotopic (exact) mass is 446 g/mol. The van der Waals surface area contributed by atoms with Crippen LogP contribution in [0.15, 0.2) is 61.2 Å². The van der Waals surface area contributed by atoms with Gasteiger partial charge in [0.2, 0.25) is 0 Å². The van der Waals surface area contributed by atoms with Gasteiger partial charge in [-0.15, -0.1) is 0 Å². The van der Waals surface area contributed by atoms with Crippen LogP contribution in [0.2, 0.25) is 10.0 Å². The lowest BCUT2D eigenvalue weighted by atomic mass is 10.2. The summed E-state index contributed by atoms with van der Waals surface area (Å²) < 4.78 is 7.71. The van der Waals surface area contributed by atoms with Crippen LogP contribution in [-0.2, 0) is 13.1 Å². The Morgan fingerprint density at radius 3 is 2.83 bits per heavy atom. The van der Waals surface area contributed by atoms with Crippen LogP contribution in [0.5, 0.6) is 5.75 Å². The summed E-state index contributed by atoms with van der Waals surface area (Å²) in [5, 5.41) is 3.81. The number of hydrogen-bond acceptors (Lipinski definition) is 3. The van der Waals surface area contributed by atoms with Gasteiger partial charge in [0, 0.05) is 36.1 Å². The number of benzene rings is 2. The Bertz CT molecular complexity index is 964. The highest BCUT2D eigenvalue weighted by Gasteiger charge is 2.17. The van der Waals surface area contributed by atoms with Gasteiger partial charge in [0.05, 0.1) is 30.2 Å². The van der Waals surface area contributed by atoms with Crippen molar-refractivity contribution in [3.05, 3.63) is 76.8 Å². The number of rotatable bonds is 9. The number of urea groups is 1. The average molecular weight is 447 g/mol. The molecule has 1 N–H and O–H groups in total. The average Bonchev–Trinajstić information content (AvgIpc) is 3.25. The van der Waals surface area contributed by atoms with Crippen molar-refractivity contribution in [1.29, 1.82) is 0 Å². The lowest BCUT2D eigenvalue weighted by molar-refractivity contribution is 0.206. The van der Waals surface area contributed by atoms with E-state index in [1.54, 1.807) is 35.6 Å². The normalized spacial score (nSPS) is 10.6. The minimum Gasteiger partial charge on any atom is -0.494 e. The molecule has 0 radical (unpaired) electrons. The van der Waals surface area contributed by atoms with Crippen LogP contribution in [0.4, 0.5) is 10.5 Å². The summed E-state index contributed by atoms with van der Waals surface area (Å²) in [6.45, 7) is 4.21. The number of para-hydroxylation sites is 1. The SMILES string of the molecule is CCOc1ccccc1CN(CCCn1ccnc1)C(=O)Nc1cc(Cl)ccc1Cl. The summed E-state index contributed by atoms with van der Waals surface area (Å²) >= 11 is 12.3. The maximum absolute atomic E-state index is 13.1. The van der Waals surface area contributed by atoms with Crippen molar-refractivity contribution >= 4 is 34.9 Å². The van der Waals surface area contributed by atoms with E-state index < -0.39 is 0 Å². The van der Waals surface area contributed by atoms with Crippen molar-refractivity contribution in [2.24, 2.45) is 0 Å². The van der Waals surface area contributed by atoms with Gasteiger partial charge in [0.15, 0.2) is 0 Å². The Kier molecular flexibility index (Phi) is 7.99. The Morgan fingerprint density at radius 1 is 1.23 bits per heavy atom. The first-order valence-corrected chi connectivity index (χ1v) is 10.5. The fourth-order valence-corrected chi connectivity index (χ4v) is 3.38. The summed E-state index contributed by atoms with van der Waals surface area (Å²) in [6.07, 6.45) is 6.18. The van der Waals surface area contributed by atoms with Gasteiger partial charge in [-0.05, 0) is 37.6 Å². The Labute approximate surface area is 186 Å². The van der Waals surface area contributed by atoms with Gasteiger partial charge in [-0.25, -0.2) is 9.78 Å². The molecule has 3 rings (SSSR count). The quantitative estimate of drug-likeness (QED) is 0.457. The van der Waals surface area contributed by atoms with Crippen molar-refractivity contribution in [1.82, 2.24) is 14.5 Å². The molecule has 0 atom stereocenters. The highest BCUT2D eigenvalue weighted by molar-refractivity contribution is 6.35. The zero-order valence-corrected chi connectivity index (χ0v) is 18.2. The molecule has 2 amide bonds. The van der Waals surface area contributed by atoms with Crippen LogP contribution in [0.25, 0.3) is 0 Å². The third-order valence-electron chi connectivity index (χ3n) is 4.49. The van der Waals surface area contributed by atoms with Gasteiger partial charge in [-0.1, -0.05) is 41.4 Å². The van der Waals surface area contributed by atoms with Gasteiger partial charge in [-0.2, -0.15) is 0 Å². The fraction of sp³-hybridized carbons (Fsp3) is 0.273. The molecule has 0 spiro atoms. The molecule has 0 aliphatic rings. The van der Waals surface area contributed by atoms with Crippen LogP contribution in [0.1, 0.15) is 18.9 Å². The van der Waals surface area contributed by atoms with Crippen molar-refractivity contribution in [2.75, 3.05) is 18.5 Å². The maximum atomic E-state index is 13.1. The minimum absolute atomic E-state index is 0.254. The molecule has 0 unspecified atom stereocenters. The number of nitrogens with zero attached hydrogens (tertiary/aromatic N) is 3. The van der Waals surface area contributed by atoms with E-state index in [0.717, 1.165) is 24.3 Å². The number of hydrogen-bond donors (Lipinski definition) is 1. The first-order valence-electron chi connectivity index (χ1n) is 9.74. The first-order chi connectivity index (χ1) is 14.6. The molecule has 0 saturated carbocycles. The van der Waals surface area contributed by atoms with Gasteiger partial charge < -0.3 is 19.5 Å². The van der Waals surface area contributed by atoms with Crippen LogP contribution < -0.4 is 10.1 Å². The molecule has 2 aromatic carbocycles. The second-order valence-corrected chi connectivity index (χ2v) is 7.51. The van der Waals surface area contributed by atoms with Gasteiger partial charge in [-0.3, -0.25) is 0 Å². The summed E-state index contributed by atoms with van der Waals surface area (Å²) in [5.74, 6) is 0.771. The Hall–Kier alpha value is -2.70. The molecule has 0 saturated heterocycles. The number of aryl methyl sites for hydroxylation is 1. The number of halogens is 2. The van der Waals surface area contributed by atoms with Gasteiger partial charge in [0.25, 0.3) is 0 Å². The molecular formula is C22H24Cl2N4O2. The van der Waals surface area contributed by atoms with E-state index in [1.807, 2.05) is 42.0 Å². The van der Waals surface area contributed by atoms with Crippen molar-refractivity contribution in [3.63, 3.8) is 0 Å². The molecule has 158 valence electrons. The second kappa shape index (κ2) is 10.9. The molecule has 0 fully saturated rings. The van der Waals surface area contributed by atoms with Crippen LogP contribution in [0.3, 0.4) is 0 Å². The number of amides is 2. The molecule has 0 aliphatic heterocycles. The molecule has 0 aliphatic carbocycles. The molecule has 0 bridgehead atoms. The Morgan fingerprint density at radius 2 is 2.07 bits per heavy atom. The standard InChI is InChI=1S/C22H24Cl2N4O2/c1-2-30-21-7-4-3-6-17(21)15-28(12-5-11-27-13-10-25-16-27)22(29)26-20-14-18(23)8-9-19(20)24/h3-4,6-10,13-14,16H,2,5,11-12,15H2,1H3,(H,26,29). The molecule has 3 aromatic rings. The fourth-order valence-electron chi connectivity index (χ4n) is 3.04. The van der Waals surface area contributed by atoms with E-state index in [2.05, 4.69) is 10.3 Å². The smallest absolute Gasteiger partial charge is 0.322 e. The zero-order chi connectivity index (χ0) is 21.3. The maximum Gasteiger partial charge on any atom is 0.322 e. The number of anilines is 1. The van der Waals surface area contributed by atoms with Crippen LogP contribution in [0, 0.1) is 0 Å². The minimum atomic E-state index is -0.254. The number of carbonyl (C=O) groups excluding carboxylic acids is 1. The number of nitrogens with one attached hydrogen (secondary N) is 1. The summed E-state index contributed by atoms with van der Waals surface area (Å²) in [7, 11) is 0. The number of carbonyl (C=O) groups is 1. The van der Waals surface area contributed by atoms with E-state index >= 15 is 0 Å². The lowest BCUT2D eigenvalue weighted by Gasteiger charge is -2.25. The topological polar surface area (TPSA) is 59.4 Å². The lowest BCUT2D eigenvalue weighted by Crippen LogP contribution is -2.36. The predicted molar refractivity (Wildman–Crippen MR) is 120 cm³/mol. The van der Waals surface area contributed by atoms with Crippen LogP contribution in [-0.4, -0.2) is 33.6 Å². The first kappa shape index (κ1) is 22.0. The molecule has 6 nitrogen and oxygen atoms in total. The number of aromatic nitrogens is 2. The van der Waals surface area contributed by atoms with Crippen molar-refractivity contribution < 1.29 is 9.53 Å². The van der Waals surface area contributed by atoms with E-state index in [-0.39, 0.29) is 6.03 Å². The Balaban J connectivity index is 1.75. The van der Waals surface area contributed by atoms with Gasteiger partial charge in [0.1, 0.15) is 5.75 Å². The molecular weight excluding hydrogens is 423 g/mol. The predicted octanol–water partition coefficient (Wildman–Crippen LogP) is 5.71. The van der Waals surface area contributed by atoms with E-state index in [9.17, 15) is 4.79 Å². The summed E-state index contributed by atoms with van der Waals surface area (Å²) in [5.41, 5.74) is 1.42. The van der Waals surface area contributed by atoms with Gasteiger partial charge >= 0.3 is 6.03 Å². The van der Waals surface area contributed by atoms with Crippen molar-refractivity contribution in [2.45, 2.75) is 26.4 Å². The number of ether oxygens (including phenoxy) is 1. The molecule has 30 heavy (non-hydrogen) atoms. The van der Waals surface area contributed by atoms with E-state index in [1.165, 1.54) is 0 Å². The summed E-state index contributed by atoms with van der Waals surface area (Å²) in [6, 6.07) is 12.5. The second-order valence-electron chi connectivity index (χ2n) is 6.67.